The first-order chi connectivity index (χ1) is 10.3. The van der Waals surface area contributed by atoms with Gasteiger partial charge in [-0.25, -0.2) is 4.98 Å². The average Bonchev–Trinajstić information content (AvgIpc) is 3.18. The van der Waals surface area contributed by atoms with Crippen molar-refractivity contribution in [2.75, 3.05) is 18.9 Å². The molecular weight excluding hydrogens is 282 g/mol. The van der Waals surface area contributed by atoms with Crippen LogP contribution < -0.4 is 5.32 Å². The lowest BCUT2D eigenvalue weighted by Crippen LogP contribution is -2.31. The Morgan fingerprint density at radius 2 is 2.43 bits per heavy atom. The Morgan fingerprint density at radius 1 is 1.52 bits per heavy atom. The number of carbonyl (C=O) groups is 1. The minimum Gasteiger partial charge on any atom is -0.373 e. The number of hydrogen-bond donors (Lipinski definition) is 1. The molecule has 2 aromatic heterocycles. The van der Waals surface area contributed by atoms with Crippen LogP contribution in [-0.2, 0) is 11.2 Å². The van der Waals surface area contributed by atoms with Crippen LogP contribution in [0.5, 0.6) is 0 Å². The van der Waals surface area contributed by atoms with Crippen LogP contribution in [0.4, 0.5) is 5.82 Å². The summed E-state index contributed by atoms with van der Waals surface area (Å²) in [4.78, 5) is 20.0. The third-order valence-corrected chi connectivity index (χ3v) is 4.78. The molecule has 4 nitrogen and oxygen atoms in total. The predicted molar refractivity (Wildman–Crippen MR) is 85.5 cm³/mol. The molecule has 1 fully saturated rings. The lowest BCUT2D eigenvalue weighted by Gasteiger charge is -2.25. The van der Waals surface area contributed by atoms with Gasteiger partial charge in [0.25, 0.3) is 0 Å². The fraction of sp³-hybridized carbons (Fsp3) is 0.375. The number of hydrogen-bond acceptors (Lipinski definition) is 4. The van der Waals surface area contributed by atoms with Crippen molar-refractivity contribution in [3.63, 3.8) is 0 Å². The number of thiophene rings is 1. The molecule has 1 N–H and O–H groups in total. The maximum Gasteiger partial charge on any atom is 0.228 e. The van der Waals surface area contributed by atoms with Crippen LogP contribution in [0.25, 0.3) is 0 Å². The van der Waals surface area contributed by atoms with E-state index in [1.165, 1.54) is 5.56 Å². The van der Waals surface area contributed by atoms with Crippen molar-refractivity contribution in [1.82, 2.24) is 9.88 Å². The molecule has 2 aromatic rings. The summed E-state index contributed by atoms with van der Waals surface area (Å²) in [5.74, 6) is 1.08. The van der Waals surface area contributed by atoms with Gasteiger partial charge in [-0.1, -0.05) is 6.07 Å². The van der Waals surface area contributed by atoms with E-state index >= 15 is 0 Å². The minimum atomic E-state index is 0.188. The number of nitrogens with one attached hydrogen (secondary N) is 1. The number of nitrogens with zero attached hydrogens (tertiary/aromatic N) is 2. The van der Waals surface area contributed by atoms with Gasteiger partial charge in [-0.3, -0.25) is 4.79 Å². The summed E-state index contributed by atoms with van der Waals surface area (Å²) in [6.07, 6.45) is 4.42. The van der Waals surface area contributed by atoms with Crippen LogP contribution in [0.1, 0.15) is 29.3 Å². The summed E-state index contributed by atoms with van der Waals surface area (Å²) in [6, 6.07) is 8.27. The predicted octanol–water partition coefficient (Wildman–Crippen LogP) is 3.09. The Bertz CT molecular complexity index is 612. The Balaban J connectivity index is 1.76. The highest BCUT2D eigenvalue weighted by atomic mass is 32.1. The summed E-state index contributed by atoms with van der Waals surface area (Å²) >= 11 is 1.65. The number of carbonyl (C=O) groups excluding carboxylic acids is 1. The van der Waals surface area contributed by atoms with Gasteiger partial charge in [0.2, 0.25) is 5.91 Å². The van der Waals surface area contributed by atoms with Crippen LogP contribution in [-0.4, -0.2) is 29.4 Å². The highest BCUT2D eigenvalue weighted by molar-refractivity contribution is 7.10. The molecule has 0 aliphatic carbocycles. The smallest absolute Gasteiger partial charge is 0.228 e. The molecule has 5 heteroatoms. The van der Waals surface area contributed by atoms with Gasteiger partial charge < -0.3 is 10.2 Å². The first-order valence-electron chi connectivity index (χ1n) is 7.23. The molecule has 3 rings (SSSR count). The highest BCUT2D eigenvalue weighted by Gasteiger charge is 2.30. The minimum absolute atomic E-state index is 0.188. The Hall–Kier alpha value is -1.88. The van der Waals surface area contributed by atoms with E-state index in [4.69, 9.17) is 0 Å². The van der Waals surface area contributed by atoms with Crippen LogP contribution in [0, 0.1) is 0 Å². The van der Waals surface area contributed by atoms with Crippen molar-refractivity contribution in [2.24, 2.45) is 0 Å². The van der Waals surface area contributed by atoms with Gasteiger partial charge in [-0.2, -0.15) is 0 Å². The van der Waals surface area contributed by atoms with Gasteiger partial charge in [-0.15, -0.1) is 11.3 Å². The van der Waals surface area contributed by atoms with E-state index in [9.17, 15) is 4.79 Å². The van der Waals surface area contributed by atoms with E-state index in [-0.39, 0.29) is 11.9 Å². The zero-order valence-corrected chi connectivity index (χ0v) is 12.9. The summed E-state index contributed by atoms with van der Waals surface area (Å²) in [5, 5.41) is 5.08. The average molecular weight is 301 g/mol. The van der Waals surface area contributed by atoms with E-state index in [0.29, 0.717) is 6.42 Å². The van der Waals surface area contributed by atoms with Crippen molar-refractivity contribution in [3.05, 3.63) is 46.3 Å². The first-order valence-corrected chi connectivity index (χ1v) is 8.11. The molecular formula is C16H19N3OS. The summed E-state index contributed by atoms with van der Waals surface area (Å²) in [5.41, 5.74) is 1.17. The van der Waals surface area contributed by atoms with Gasteiger partial charge in [0.15, 0.2) is 0 Å². The van der Waals surface area contributed by atoms with Crippen LogP contribution in [0.2, 0.25) is 0 Å². The van der Waals surface area contributed by atoms with Crippen molar-refractivity contribution in [2.45, 2.75) is 25.3 Å². The molecule has 0 bridgehead atoms. The van der Waals surface area contributed by atoms with Crippen LogP contribution in [0.3, 0.4) is 0 Å². The molecule has 21 heavy (non-hydrogen) atoms. The van der Waals surface area contributed by atoms with E-state index in [2.05, 4.69) is 10.3 Å². The lowest BCUT2D eigenvalue weighted by atomic mass is 10.1. The van der Waals surface area contributed by atoms with E-state index in [1.807, 2.05) is 41.6 Å². The molecule has 0 aromatic carbocycles. The van der Waals surface area contributed by atoms with E-state index in [1.54, 1.807) is 17.5 Å². The van der Waals surface area contributed by atoms with Crippen molar-refractivity contribution in [1.29, 1.82) is 0 Å². The van der Waals surface area contributed by atoms with Crippen LogP contribution in [0.15, 0.2) is 35.8 Å². The molecule has 1 atom stereocenters. The second-order valence-corrected chi connectivity index (χ2v) is 6.26. The third-order valence-electron chi connectivity index (χ3n) is 3.90. The number of likely N-dealkylation sites (tertiary alicyclic amines) is 1. The molecule has 1 amide bonds. The van der Waals surface area contributed by atoms with Crippen molar-refractivity contribution < 1.29 is 4.79 Å². The molecule has 1 saturated heterocycles. The SMILES string of the molecule is CNc1cc([C@H]2CCCN2C(=O)Cc2cccs2)ccn1. The summed E-state index contributed by atoms with van der Waals surface area (Å²) in [6.45, 7) is 0.853. The summed E-state index contributed by atoms with van der Waals surface area (Å²) < 4.78 is 0. The molecule has 3 heterocycles. The Morgan fingerprint density at radius 3 is 3.19 bits per heavy atom. The van der Waals surface area contributed by atoms with Gasteiger partial charge in [0, 0.05) is 24.7 Å². The van der Waals surface area contributed by atoms with Crippen molar-refractivity contribution in [3.8, 4) is 0 Å². The standard InChI is InChI=1S/C16H19N3OS/c1-17-15-10-12(6-7-18-15)14-5-2-8-19(14)16(20)11-13-4-3-9-21-13/h3-4,6-7,9-10,14H,2,5,8,11H2,1H3,(H,17,18)/t14-/m1/s1. The quantitative estimate of drug-likeness (QED) is 0.944. The number of rotatable bonds is 4. The van der Waals surface area contributed by atoms with E-state index in [0.717, 1.165) is 30.1 Å². The fourth-order valence-electron chi connectivity index (χ4n) is 2.87. The molecule has 1 aliphatic rings. The fourth-order valence-corrected chi connectivity index (χ4v) is 3.56. The second kappa shape index (κ2) is 6.26. The Kier molecular flexibility index (Phi) is 4.20. The topological polar surface area (TPSA) is 45.2 Å². The molecule has 1 aliphatic heterocycles. The van der Waals surface area contributed by atoms with Crippen molar-refractivity contribution >= 4 is 23.1 Å². The molecule has 0 saturated carbocycles. The monoisotopic (exact) mass is 301 g/mol. The maximum absolute atomic E-state index is 12.6. The number of amides is 1. The summed E-state index contributed by atoms with van der Waals surface area (Å²) in [7, 11) is 1.86. The molecule has 0 radical (unpaired) electrons. The van der Waals surface area contributed by atoms with Gasteiger partial charge in [0.1, 0.15) is 5.82 Å². The number of anilines is 1. The molecule has 110 valence electrons. The number of aromatic nitrogens is 1. The highest BCUT2D eigenvalue weighted by Crippen LogP contribution is 2.33. The second-order valence-electron chi connectivity index (χ2n) is 5.23. The van der Waals surface area contributed by atoms with E-state index < -0.39 is 0 Å². The van der Waals surface area contributed by atoms with Gasteiger partial charge >= 0.3 is 0 Å². The zero-order chi connectivity index (χ0) is 14.7. The normalized spacial score (nSPS) is 18.0. The molecule has 0 spiro atoms. The molecule has 0 unspecified atom stereocenters. The first kappa shape index (κ1) is 14.1. The third kappa shape index (κ3) is 3.08. The van der Waals surface area contributed by atoms with Crippen LogP contribution >= 0.6 is 11.3 Å². The zero-order valence-electron chi connectivity index (χ0n) is 12.1. The van der Waals surface area contributed by atoms with Gasteiger partial charge in [0.05, 0.1) is 12.5 Å². The largest absolute Gasteiger partial charge is 0.373 e. The van der Waals surface area contributed by atoms with Gasteiger partial charge in [-0.05, 0) is 42.0 Å². The maximum atomic E-state index is 12.6. The number of pyridine rings is 1. The Labute approximate surface area is 128 Å². The lowest BCUT2D eigenvalue weighted by molar-refractivity contribution is -0.131.